The van der Waals surface area contributed by atoms with Gasteiger partial charge in [0.05, 0.1) is 12.7 Å². The van der Waals surface area contributed by atoms with Gasteiger partial charge in [0.15, 0.2) is 6.10 Å². The van der Waals surface area contributed by atoms with Gasteiger partial charge in [-0.05, 0) is 32.3 Å². The number of furan rings is 1. The predicted octanol–water partition coefficient (Wildman–Crippen LogP) is 3.21. The van der Waals surface area contributed by atoms with Crippen molar-refractivity contribution in [3.63, 3.8) is 0 Å². The average molecular weight is 430 g/mol. The number of esters is 3. The van der Waals surface area contributed by atoms with E-state index in [1.807, 2.05) is 13.8 Å². The Hall–Kier alpha value is -2.87. The van der Waals surface area contributed by atoms with Crippen molar-refractivity contribution in [3.05, 3.63) is 47.0 Å². The third-order valence-electron chi connectivity index (χ3n) is 6.16. The van der Waals surface area contributed by atoms with E-state index in [9.17, 15) is 14.4 Å². The van der Waals surface area contributed by atoms with Gasteiger partial charge in [0.1, 0.15) is 34.9 Å². The maximum atomic E-state index is 12.6. The Morgan fingerprint density at radius 1 is 1.29 bits per heavy atom. The van der Waals surface area contributed by atoms with Gasteiger partial charge in [-0.1, -0.05) is 18.2 Å². The lowest BCUT2D eigenvalue weighted by molar-refractivity contribution is -0.151. The Morgan fingerprint density at radius 2 is 2.03 bits per heavy atom. The highest BCUT2D eigenvalue weighted by Gasteiger charge is 2.59. The predicted molar refractivity (Wildman–Crippen MR) is 107 cm³/mol. The summed E-state index contributed by atoms with van der Waals surface area (Å²) in [6, 6.07) is 1.66. The van der Waals surface area contributed by atoms with Crippen LogP contribution >= 0.6 is 0 Å². The fourth-order valence-corrected chi connectivity index (χ4v) is 4.36. The highest BCUT2D eigenvalue weighted by atomic mass is 16.6. The SMILES string of the molecule is C=C(C)[C@H]1CC=C2C(=O)O[C@H](C[C@]3(C)O[C@@H]3c3cc(C(=O)OC)c(o3)C1)[C@H]2OC(C)=O. The molecule has 0 saturated carbocycles. The topological polar surface area (TPSA) is 105 Å². The Morgan fingerprint density at radius 3 is 2.68 bits per heavy atom. The van der Waals surface area contributed by atoms with Crippen molar-refractivity contribution in [2.24, 2.45) is 5.92 Å². The summed E-state index contributed by atoms with van der Waals surface area (Å²) in [4.78, 5) is 36.6. The van der Waals surface area contributed by atoms with Gasteiger partial charge in [-0.15, -0.1) is 0 Å². The van der Waals surface area contributed by atoms with Gasteiger partial charge in [0.2, 0.25) is 0 Å². The molecule has 0 aliphatic carbocycles. The van der Waals surface area contributed by atoms with Crippen LogP contribution in [0.25, 0.3) is 0 Å². The first kappa shape index (κ1) is 21.4. The quantitative estimate of drug-likeness (QED) is 0.312. The van der Waals surface area contributed by atoms with E-state index in [1.54, 1.807) is 12.1 Å². The van der Waals surface area contributed by atoms with Gasteiger partial charge in [0.25, 0.3) is 0 Å². The third-order valence-corrected chi connectivity index (χ3v) is 6.16. The lowest BCUT2D eigenvalue weighted by atomic mass is 9.89. The van der Waals surface area contributed by atoms with Crippen molar-refractivity contribution in [1.29, 1.82) is 0 Å². The molecule has 8 heteroatoms. The summed E-state index contributed by atoms with van der Waals surface area (Å²) in [5.74, 6) is -0.577. The molecule has 0 spiro atoms. The zero-order valence-corrected chi connectivity index (χ0v) is 18.1. The number of rotatable bonds is 3. The third kappa shape index (κ3) is 3.92. The molecule has 4 heterocycles. The smallest absolute Gasteiger partial charge is 0.341 e. The standard InChI is InChI=1S/C23H26O8/c1-11(2)13-6-7-14-19(28-12(3)24)18(30-22(14)26)10-23(4)20(31-23)17-9-15(21(25)27-5)16(8-13)29-17/h7,9,13,18-20H,1,6,8,10H2,2-5H3/t13-,18+,19-,20+,23-/m0/s1. The number of ether oxygens (including phenoxy) is 4. The van der Waals surface area contributed by atoms with Crippen molar-refractivity contribution in [3.8, 4) is 0 Å². The molecule has 4 rings (SSSR count). The minimum absolute atomic E-state index is 0.119. The maximum Gasteiger partial charge on any atom is 0.341 e. The van der Waals surface area contributed by atoms with Crippen LogP contribution in [0.3, 0.4) is 0 Å². The normalized spacial score (nSPS) is 31.7. The fourth-order valence-electron chi connectivity index (χ4n) is 4.36. The first-order valence-electron chi connectivity index (χ1n) is 10.3. The largest absolute Gasteiger partial charge is 0.465 e. The zero-order chi connectivity index (χ0) is 22.5. The molecule has 3 aliphatic heterocycles. The van der Waals surface area contributed by atoms with Crippen molar-refractivity contribution in [2.75, 3.05) is 7.11 Å². The lowest BCUT2D eigenvalue weighted by Gasteiger charge is -2.20. The van der Waals surface area contributed by atoms with E-state index in [-0.39, 0.29) is 5.92 Å². The van der Waals surface area contributed by atoms with Crippen LogP contribution in [0.2, 0.25) is 0 Å². The molecule has 0 unspecified atom stereocenters. The molecule has 3 aliphatic rings. The number of hydrogen-bond donors (Lipinski definition) is 0. The zero-order valence-electron chi connectivity index (χ0n) is 18.1. The molecule has 0 aromatic carbocycles. The number of methoxy groups -OCH3 is 1. The maximum absolute atomic E-state index is 12.6. The summed E-state index contributed by atoms with van der Waals surface area (Å²) < 4.78 is 27.9. The second kappa shape index (κ2) is 7.67. The fraction of sp³-hybridized carbons (Fsp3) is 0.522. The summed E-state index contributed by atoms with van der Waals surface area (Å²) in [7, 11) is 1.32. The Balaban J connectivity index is 1.77. The first-order valence-corrected chi connectivity index (χ1v) is 10.3. The molecule has 0 amide bonds. The second-order valence-corrected chi connectivity index (χ2v) is 8.61. The molecule has 166 valence electrons. The molecular weight excluding hydrogens is 404 g/mol. The van der Waals surface area contributed by atoms with Crippen molar-refractivity contribution < 1.29 is 37.7 Å². The molecule has 1 aromatic heterocycles. The summed E-state index contributed by atoms with van der Waals surface area (Å²) in [5.41, 5.74) is 0.849. The van der Waals surface area contributed by atoms with E-state index in [2.05, 4.69) is 6.58 Å². The Bertz CT molecular complexity index is 986. The summed E-state index contributed by atoms with van der Waals surface area (Å²) >= 11 is 0. The number of fused-ring (bicyclic) bond motifs is 6. The van der Waals surface area contributed by atoms with E-state index in [0.717, 1.165) is 5.57 Å². The lowest BCUT2D eigenvalue weighted by Crippen LogP contribution is -2.31. The molecule has 2 saturated heterocycles. The number of carbonyl (C=O) groups is 3. The molecule has 0 N–H and O–H groups in total. The number of allylic oxidation sites excluding steroid dienone is 2. The van der Waals surface area contributed by atoms with Gasteiger partial charge in [-0.2, -0.15) is 0 Å². The van der Waals surface area contributed by atoms with Gasteiger partial charge in [-0.25, -0.2) is 9.59 Å². The Labute approximate surface area is 180 Å². The van der Waals surface area contributed by atoms with Crippen LogP contribution in [0.4, 0.5) is 0 Å². The minimum Gasteiger partial charge on any atom is -0.465 e. The van der Waals surface area contributed by atoms with Crippen LogP contribution in [0, 0.1) is 5.92 Å². The van der Waals surface area contributed by atoms with Crippen LogP contribution in [-0.2, 0) is 35.0 Å². The molecular formula is C23H26O8. The number of carbonyl (C=O) groups excluding carboxylic acids is 3. The van der Waals surface area contributed by atoms with Gasteiger partial charge in [0, 0.05) is 19.8 Å². The monoisotopic (exact) mass is 430 g/mol. The Kier molecular flexibility index (Phi) is 5.29. The van der Waals surface area contributed by atoms with Crippen LogP contribution in [0.5, 0.6) is 0 Å². The van der Waals surface area contributed by atoms with Crippen LogP contribution in [-0.4, -0.2) is 42.8 Å². The summed E-state index contributed by atoms with van der Waals surface area (Å²) in [6.07, 6.45) is 1.00. The van der Waals surface area contributed by atoms with E-state index in [1.165, 1.54) is 14.0 Å². The van der Waals surface area contributed by atoms with Gasteiger partial charge >= 0.3 is 17.9 Å². The van der Waals surface area contributed by atoms with E-state index >= 15 is 0 Å². The van der Waals surface area contributed by atoms with Gasteiger partial charge < -0.3 is 23.4 Å². The van der Waals surface area contributed by atoms with Gasteiger partial charge in [-0.3, -0.25) is 4.79 Å². The van der Waals surface area contributed by atoms with Crippen molar-refractivity contribution >= 4 is 17.9 Å². The van der Waals surface area contributed by atoms with Crippen LogP contribution in [0.1, 0.15) is 61.6 Å². The summed E-state index contributed by atoms with van der Waals surface area (Å²) in [5, 5.41) is 0. The highest BCUT2D eigenvalue weighted by Crippen LogP contribution is 2.54. The molecule has 0 radical (unpaired) electrons. The van der Waals surface area contributed by atoms with Crippen molar-refractivity contribution in [1.82, 2.24) is 0 Å². The second-order valence-electron chi connectivity index (χ2n) is 8.61. The number of hydrogen-bond acceptors (Lipinski definition) is 8. The van der Waals surface area contributed by atoms with Crippen LogP contribution in [0.15, 0.2) is 34.3 Å². The minimum atomic E-state index is -0.796. The molecule has 4 bridgehead atoms. The number of epoxide rings is 1. The molecule has 5 atom stereocenters. The molecule has 8 nitrogen and oxygen atoms in total. The average Bonchev–Trinajstić information content (AvgIpc) is 3.04. The summed E-state index contributed by atoms with van der Waals surface area (Å²) in [6.45, 7) is 9.11. The molecule has 31 heavy (non-hydrogen) atoms. The first-order chi connectivity index (χ1) is 14.6. The van der Waals surface area contributed by atoms with E-state index < -0.39 is 41.8 Å². The van der Waals surface area contributed by atoms with Crippen molar-refractivity contribution in [2.45, 2.75) is 63.9 Å². The van der Waals surface area contributed by atoms with E-state index in [0.29, 0.717) is 41.9 Å². The molecule has 1 aromatic rings. The van der Waals surface area contributed by atoms with Crippen LogP contribution < -0.4 is 0 Å². The van der Waals surface area contributed by atoms with E-state index in [4.69, 9.17) is 23.4 Å². The molecule has 2 fully saturated rings. The highest BCUT2D eigenvalue weighted by molar-refractivity contribution is 5.93.